The van der Waals surface area contributed by atoms with E-state index in [1.54, 1.807) is 18.9 Å². The lowest BCUT2D eigenvalue weighted by Crippen LogP contribution is -2.07. The van der Waals surface area contributed by atoms with E-state index in [1.165, 1.54) is 0 Å². The van der Waals surface area contributed by atoms with Crippen molar-refractivity contribution in [2.24, 2.45) is 0 Å². The Balaban J connectivity index is 2.27. The number of thioether (sulfide) groups is 1. The maximum absolute atomic E-state index is 5.67. The molecule has 0 bridgehead atoms. The molecular formula is C12H15N5OS. The second-order valence-electron chi connectivity index (χ2n) is 3.69. The zero-order valence-electron chi connectivity index (χ0n) is 10.8. The first kappa shape index (κ1) is 13.4. The second kappa shape index (κ2) is 6.24. The largest absolute Gasteiger partial charge is 0.495 e. The summed E-state index contributed by atoms with van der Waals surface area (Å²) in [7, 11) is 1.61. The van der Waals surface area contributed by atoms with Crippen LogP contribution >= 0.6 is 11.8 Å². The van der Waals surface area contributed by atoms with Gasteiger partial charge in [-0.2, -0.15) is 26.7 Å². The van der Waals surface area contributed by atoms with Gasteiger partial charge < -0.3 is 15.8 Å². The van der Waals surface area contributed by atoms with Gasteiger partial charge in [-0.1, -0.05) is 12.1 Å². The number of ether oxygens (including phenoxy) is 1. The SMILES string of the molecule is COc1ccccc1Nc1nc(N)nc(CSC)n1. The molecule has 2 rings (SSSR count). The van der Waals surface area contributed by atoms with Crippen LogP contribution in [0.25, 0.3) is 0 Å². The van der Waals surface area contributed by atoms with Gasteiger partial charge >= 0.3 is 0 Å². The third-order valence-electron chi connectivity index (χ3n) is 2.33. The molecule has 0 unspecified atom stereocenters. The van der Waals surface area contributed by atoms with Crippen LogP contribution in [-0.2, 0) is 5.75 Å². The fraction of sp³-hybridized carbons (Fsp3) is 0.250. The van der Waals surface area contributed by atoms with Crippen molar-refractivity contribution in [2.45, 2.75) is 5.75 Å². The molecule has 0 saturated carbocycles. The minimum absolute atomic E-state index is 0.205. The Morgan fingerprint density at radius 3 is 2.79 bits per heavy atom. The Bertz CT molecular complexity index is 564. The summed E-state index contributed by atoms with van der Waals surface area (Å²) in [5.74, 6) is 2.68. The highest BCUT2D eigenvalue weighted by Crippen LogP contribution is 2.25. The molecule has 6 nitrogen and oxygen atoms in total. The molecule has 0 atom stereocenters. The molecule has 7 heteroatoms. The molecular weight excluding hydrogens is 262 g/mol. The lowest BCUT2D eigenvalue weighted by Gasteiger charge is -2.10. The summed E-state index contributed by atoms with van der Waals surface area (Å²) in [6, 6.07) is 7.53. The Morgan fingerprint density at radius 2 is 2.05 bits per heavy atom. The van der Waals surface area contributed by atoms with Gasteiger partial charge in [0.25, 0.3) is 0 Å². The molecule has 0 amide bonds. The molecule has 0 saturated heterocycles. The summed E-state index contributed by atoms with van der Waals surface area (Å²) in [6.45, 7) is 0. The van der Waals surface area contributed by atoms with E-state index in [4.69, 9.17) is 10.5 Å². The number of benzene rings is 1. The van der Waals surface area contributed by atoms with Crippen molar-refractivity contribution in [3.05, 3.63) is 30.1 Å². The Kier molecular flexibility index (Phi) is 4.40. The maximum Gasteiger partial charge on any atom is 0.232 e. The van der Waals surface area contributed by atoms with Crippen molar-refractivity contribution in [1.29, 1.82) is 0 Å². The van der Waals surface area contributed by atoms with Gasteiger partial charge in [-0.3, -0.25) is 0 Å². The van der Waals surface area contributed by atoms with Gasteiger partial charge in [-0.15, -0.1) is 0 Å². The summed E-state index contributed by atoms with van der Waals surface area (Å²) < 4.78 is 5.26. The number of rotatable bonds is 5. The number of methoxy groups -OCH3 is 1. The molecule has 1 heterocycles. The van der Waals surface area contributed by atoms with Crippen LogP contribution in [0.1, 0.15) is 5.82 Å². The second-order valence-corrected chi connectivity index (χ2v) is 4.56. The van der Waals surface area contributed by atoms with Crippen molar-refractivity contribution in [2.75, 3.05) is 24.4 Å². The topological polar surface area (TPSA) is 86.0 Å². The number of hydrogen-bond donors (Lipinski definition) is 2. The summed E-state index contributed by atoms with van der Waals surface area (Å²) in [5, 5.41) is 3.09. The van der Waals surface area contributed by atoms with E-state index in [0.29, 0.717) is 23.3 Å². The molecule has 1 aromatic heterocycles. The lowest BCUT2D eigenvalue weighted by molar-refractivity contribution is 0.417. The smallest absolute Gasteiger partial charge is 0.232 e. The predicted molar refractivity (Wildman–Crippen MR) is 77.7 cm³/mol. The first-order valence-electron chi connectivity index (χ1n) is 5.62. The van der Waals surface area contributed by atoms with Gasteiger partial charge in [0.15, 0.2) is 0 Å². The van der Waals surface area contributed by atoms with Gasteiger partial charge in [-0.05, 0) is 18.4 Å². The average Bonchev–Trinajstić information content (AvgIpc) is 2.39. The summed E-state index contributed by atoms with van der Waals surface area (Å²) in [4.78, 5) is 12.4. The molecule has 0 aliphatic carbocycles. The highest BCUT2D eigenvalue weighted by atomic mass is 32.2. The number of nitrogens with one attached hydrogen (secondary N) is 1. The number of nitrogen functional groups attached to an aromatic ring is 1. The van der Waals surface area contributed by atoms with Crippen LogP contribution in [0.3, 0.4) is 0 Å². The van der Waals surface area contributed by atoms with Crippen LogP contribution in [-0.4, -0.2) is 28.3 Å². The van der Waals surface area contributed by atoms with Gasteiger partial charge in [0.2, 0.25) is 11.9 Å². The molecule has 0 radical (unpaired) electrons. The van der Waals surface area contributed by atoms with Crippen molar-refractivity contribution in [1.82, 2.24) is 15.0 Å². The zero-order chi connectivity index (χ0) is 13.7. The molecule has 19 heavy (non-hydrogen) atoms. The van der Waals surface area contributed by atoms with Crippen molar-refractivity contribution < 1.29 is 4.74 Å². The lowest BCUT2D eigenvalue weighted by atomic mass is 10.3. The van der Waals surface area contributed by atoms with Crippen LogP contribution in [0.2, 0.25) is 0 Å². The quantitative estimate of drug-likeness (QED) is 0.865. The summed E-state index contributed by atoms with van der Waals surface area (Å²) in [5.41, 5.74) is 6.45. The van der Waals surface area contributed by atoms with Crippen LogP contribution in [0.15, 0.2) is 24.3 Å². The molecule has 3 N–H and O–H groups in total. The van der Waals surface area contributed by atoms with Gasteiger partial charge in [0, 0.05) is 0 Å². The third kappa shape index (κ3) is 3.47. The van der Waals surface area contributed by atoms with Crippen LogP contribution in [0.4, 0.5) is 17.6 Å². The standard InChI is InChI=1S/C12H15N5OS/c1-18-9-6-4-3-5-8(9)14-12-16-10(7-19-2)15-11(13)17-12/h3-6H,7H2,1-2H3,(H3,13,14,15,16,17). The summed E-state index contributed by atoms with van der Waals surface area (Å²) in [6.07, 6.45) is 1.98. The number of nitrogens with zero attached hydrogens (tertiary/aromatic N) is 3. The number of aromatic nitrogens is 3. The van der Waals surface area contributed by atoms with Crippen molar-refractivity contribution in [3.63, 3.8) is 0 Å². The number of anilines is 3. The monoisotopic (exact) mass is 277 g/mol. The third-order valence-corrected chi connectivity index (χ3v) is 2.87. The fourth-order valence-electron chi connectivity index (χ4n) is 1.56. The number of nitrogens with two attached hydrogens (primary N) is 1. The van der Waals surface area contributed by atoms with E-state index in [1.807, 2.05) is 30.5 Å². The molecule has 2 aromatic rings. The van der Waals surface area contributed by atoms with E-state index in [2.05, 4.69) is 20.3 Å². The van der Waals surface area contributed by atoms with Crippen molar-refractivity contribution >= 4 is 29.3 Å². The minimum atomic E-state index is 0.205. The van der Waals surface area contributed by atoms with E-state index >= 15 is 0 Å². The highest BCUT2D eigenvalue weighted by Gasteiger charge is 2.07. The predicted octanol–water partition coefficient (Wildman–Crippen LogP) is 2.07. The van der Waals surface area contributed by atoms with Crippen LogP contribution in [0, 0.1) is 0 Å². The number of para-hydroxylation sites is 2. The summed E-state index contributed by atoms with van der Waals surface area (Å²) >= 11 is 1.63. The highest BCUT2D eigenvalue weighted by molar-refractivity contribution is 7.97. The Hall–Kier alpha value is -2.02. The van der Waals surface area contributed by atoms with E-state index in [-0.39, 0.29) is 5.95 Å². The first-order valence-corrected chi connectivity index (χ1v) is 7.01. The van der Waals surface area contributed by atoms with Crippen LogP contribution in [0.5, 0.6) is 5.75 Å². The first-order chi connectivity index (χ1) is 9.22. The number of hydrogen-bond acceptors (Lipinski definition) is 7. The molecule has 0 spiro atoms. The molecule has 0 aliphatic rings. The van der Waals surface area contributed by atoms with Gasteiger partial charge in [0.1, 0.15) is 11.6 Å². The Labute approximate surface area is 115 Å². The van der Waals surface area contributed by atoms with Gasteiger partial charge in [-0.25, -0.2) is 0 Å². The molecule has 1 aromatic carbocycles. The van der Waals surface area contributed by atoms with Crippen LogP contribution < -0.4 is 15.8 Å². The minimum Gasteiger partial charge on any atom is -0.495 e. The van der Waals surface area contributed by atoms with Crippen molar-refractivity contribution in [3.8, 4) is 5.75 Å². The molecule has 0 fully saturated rings. The average molecular weight is 277 g/mol. The maximum atomic E-state index is 5.67. The normalized spacial score (nSPS) is 10.2. The zero-order valence-corrected chi connectivity index (χ0v) is 11.6. The Morgan fingerprint density at radius 1 is 1.26 bits per heavy atom. The fourth-order valence-corrected chi connectivity index (χ4v) is 1.94. The van der Waals surface area contributed by atoms with E-state index in [9.17, 15) is 0 Å². The molecule has 0 aliphatic heterocycles. The van der Waals surface area contributed by atoms with Gasteiger partial charge in [0.05, 0.1) is 18.6 Å². The van der Waals surface area contributed by atoms with E-state index in [0.717, 1.165) is 5.69 Å². The van der Waals surface area contributed by atoms with E-state index < -0.39 is 0 Å². The molecule has 100 valence electrons.